The maximum atomic E-state index is 12.5. The fourth-order valence-electron chi connectivity index (χ4n) is 2.74. The first kappa shape index (κ1) is 16.8. The van der Waals surface area contributed by atoms with Crippen molar-refractivity contribution in [3.63, 3.8) is 0 Å². The number of aryl methyl sites for hydroxylation is 1. The van der Waals surface area contributed by atoms with Gasteiger partial charge >= 0.3 is 6.18 Å². The number of fused-ring (bicyclic) bond motifs is 1. The average Bonchev–Trinajstić information content (AvgIpc) is 3.03. The van der Waals surface area contributed by atoms with Crippen LogP contribution in [0.5, 0.6) is 0 Å². The van der Waals surface area contributed by atoms with Crippen molar-refractivity contribution in [2.75, 3.05) is 5.32 Å². The molecule has 1 aromatic heterocycles. The van der Waals surface area contributed by atoms with E-state index in [9.17, 15) is 13.2 Å². The molecule has 1 aromatic carbocycles. The Morgan fingerprint density at radius 3 is 2.83 bits per heavy atom. The molecule has 1 aliphatic rings. The molecule has 0 unspecified atom stereocenters. The minimum absolute atomic E-state index is 0.0224. The first-order valence-corrected chi connectivity index (χ1v) is 8.51. The molecule has 0 saturated carbocycles. The molecule has 0 bridgehead atoms. The minimum Gasteiger partial charge on any atom is -0.370 e. The summed E-state index contributed by atoms with van der Waals surface area (Å²) in [5.41, 5.74) is 8.46. The van der Waals surface area contributed by atoms with Gasteiger partial charge in [0.25, 0.3) is 0 Å². The minimum atomic E-state index is -4.43. The molecule has 1 aliphatic carbocycles. The lowest BCUT2D eigenvalue weighted by atomic mass is 9.90. The Morgan fingerprint density at radius 1 is 1.29 bits per heavy atom. The van der Waals surface area contributed by atoms with E-state index in [0.717, 1.165) is 41.7 Å². The number of nitrogens with one attached hydrogen (secondary N) is 1. The third-order valence-electron chi connectivity index (χ3n) is 3.89. The number of nitrogens with zero attached hydrogens (tertiary/aromatic N) is 2. The Morgan fingerprint density at radius 2 is 2.08 bits per heavy atom. The summed E-state index contributed by atoms with van der Waals surface area (Å²) in [4.78, 5) is 7.63. The molecule has 128 valence electrons. The maximum absolute atomic E-state index is 12.5. The van der Waals surface area contributed by atoms with Crippen molar-refractivity contribution in [2.45, 2.75) is 38.4 Å². The predicted octanol–water partition coefficient (Wildman–Crippen LogP) is 3.97. The van der Waals surface area contributed by atoms with Gasteiger partial charge in [-0.3, -0.25) is 0 Å². The van der Waals surface area contributed by atoms with Crippen LogP contribution in [0.1, 0.15) is 34.7 Å². The van der Waals surface area contributed by atoms with Crippen LogP contribution >= 0.6 is 11.3 Å². The quantitative estimate of drug-likeness (QED) is 0.648. The topological polar surface area (TPSA) is 63.3 Å². The van der Waals surface area contributed by atoms with Gasteiger partial charge in [-0.25, -0.2) is 9.98 Å². The second kappa shape index (κ2) is 6.80. The fourth-order valence-corrected chi connectivity index (χ4v) is 3.47. The van der Waals surface area contributed by atoms with E-state index in [4.69, 9.17) is 5.73 Å². The summed E-state index contributed by atoms with van der Waals surface area (Å²) < 4.78 is 37.6. The molecular weight excluding hydrogens is 337 g/mol. The van der Waals surface area contributed by atoms with E-state index in [1.54, 1.807) is 0 Å². The molecular formula is C16H17F3N4S. The Hall–Kier alpha value is -2.09. The first-order valence-electron chi connectivity index (χ1n) is 7.63. The van der Waals surface area contributed by atoms with E-state index in [1.807, 2.05) is 12.1 Å². The Kier molecular flexibility index (Phi) is 4.75. The molecule has 0 spiro atoms. The van der Waals surface area contributed by atoms with E-state index < -0.39 is 11.9 Å². The van der Waals surface area contributed by atoms with Crippen LogP contribution in [0.2, 0.25) is 0 Å². The Bertz CT molecular complexity index is 752. The summed E-state index contributed by atoms with van der Waals surface area (Å²) >= 11 is 0.926. The average molecular weight is 354 g/mol. The van der Waals surface area contributed by atoms with E-state index in [0.29, 0.717) is 0 Å². The van der Waals surface area contributed by atoms with Crippen molar-refractivity contribution in [1.82, 2.24) is 4.98 Å². The summed E-state index contributed by atoms with van der Waals surface area (Å²) in [7, 11) is 0. The van der Waals surface area contributed by atoms with Gasteiger partial charge in [-0.2, -0.15) is 13.2 Å². The van der Waals surface area contributed by atoms with Crippen molar-refractivity contribution in [3.8, 4) is 0 Å². The molecule has 24 heavy (non-hydrogen) atoms. The second-order valence-electron chi connectivity index (χ2n) is 5.60. The van der Waals surface area contributed by atoms with Crippen LogP contribution in [0.3, 0.4) is 0 Å². The van der Waals surface area contributed by atoms with Crippen molar-refractivity contribution < 1.29 is 13.2 Å². The molecule has 0 aliphatic heterocycles. The smallest absolute Gasteiger partial charge is 0.370 e. The lowest BCUT2D eigenvalue weighted by Gasteiger charge is -2.19. The van der Waals surface area contributed by atoms with Crippen LogP contribution in [0.25, 0.3) is 0 Å². The van der Waals surface area contributed by atoms with Gasteiger partial charge in [-0.05, 0) is 42.9 Å². The molecule has 0 amide bonds. The number of anilines is 1. The highest BCUT2D eigenvalue weighted by Gasteiger charge is 2.33. The second-order valence-corrected chi connectivity index (χ2v) is 6.54. The number of nitrogens with two attached hydrogens (primary N) is 1. The Balaban J connectivity index is 1.68. The molecule has 2 aromatic rings. The van der Waals surface area contributed by atoms with Crippen LogP contribution in [-0.2, 0) is 25.6 Å². The zero-order valence-corrected chi connectivity index (χ0v) is 13.7. The molecule has 0 saturated heterocycles. The van der Waals surface area contributed by atoms with Crippen molar-refractivity contribution in [2.24, 2.45) is 10.7 Å². The van der Waals surface area contributed by atoms with E-state index in [2.05, 4.69) is 21.4 Å². The molecule has 3 rings (SSSR count). The summed E-state index contributed by atoms with van der Waals surface area (Å²) in [6.45, 7) is 0.0224. The van der Waals surface area contributed by atoms with Crippen LogP contribution in [0.15, 0.2) is 28.6 Å². The molecule has 8 heteroatoms. The SMILES string of the molecule is NC(=NCc1nc(C(F)(F)F)cs1)Nc1cccc2c1CCCC2. The number of guanidine groups is 1. The summed E-state index contributed by atoms with van der Waals surface area (Å²) in [5.74, 6) is 0.178. The highest BCUT2D eigenvalue weighted by Crippen LogP contribution is 2.30. The zero-order valence-electron chi connectivity index (χ0n) is 12.9. The number of thiazole rings is 1. The number of halogens is 3. The van der Waals surface area contributed by atoms with Gasteiger partial charge in [-0.1, -0.05) is 12.1 Å². The van der Waals surface area contributed by atoms with Gasteiger partial charge in [0, 0.05) is 11.1 Å². The van der Waals surface area contributed by atoms with E-state index in [-0.39, 0.29) is 17.5 Å². The Labute approximate surface area is 141 Å². The monoisotopic (exact) mass is 354 g/mol. The molecule has 0 atom stereocenters. The highest BCUT2D eigenvalue weighted by atomic mass is 32.1. The van der Waals surface area contributed by atoms with Crippen molar-refractivity contribution >= 4 is 23.0 Å². The third kappa shape index (κ3) is 3.87. The van der Waals surface area contributed by atoms with Gasteiger partial charge in [0.15, 0.2) is 11.7 Å². The van der Waals surface area contributed by atoms with E-state index >= 15 is 0 Å². The van der Waals surface area contributed by atoms with Crippen molar-refractivity contribution in [1.29, 1.82) is 0 Å². The lowest BCUT2D eigenvalue weighted by Crippen LogP contribution is -2.24. The number of hydrogen-bond acceptors (Lipinski definition) is 3. The first-order chi connectivity index (χ1) is 11.4. The number of aromatic nitrogens is 1. The maximum Gasteiger partial charge on any atom is 0.434 e. The van der Waals surface area contributed by atoms with Crippen LogP contribution in [0.4, 0.5) is 18.9 Å². The number of benzene rings is 1. The molecule has 0 radical (unpaired) electrons. The molecule has 0 fully saturated rings. The number of alkyl halides is 3. The normalized spacial score (nSPS) is 15.2. The van der Waals surface area contributed by atoms with Crippen LogP contribution in [0, 0.1) is 0 Å². The summed E-state index contributed by atoms with van der Waals surface area (Å²) in [6, 6.07) is 6.02. The number of hydrogen-bond donors (Lipinski definition) is 2. The van der Waals surface area contributed by atoms with Crippen LogP contribution < -0.4 is 11.1 Å². The van der Waals surface area contributed by atoms with Gasteiger partial charge in [0.2, 0.25) is 0 Å². The predicted molar refractivity (Wildman–Crippen MR) is 89.1 cm³/mol. The number of aliphatic imine (C=N–C) groups is 1. The fraction of sp³-hybridized carbons (Fsp3) is 0.375. The van der Waals surface area contributed by atoms with Crippen LogP contribution in [-0.4, -0.2) is 10.9 Å². The molecule has 1 heterocycles. The molecule has 3 N–H and O–H groups in total. The number of rotatable bonds is 3. The van der Waals surface area contributed by atoms with Gasteiger partial charge in [0.05, 0.1) is 6.54 Å². The van der Waals surface area contributed by atoms with Gasteiger partial charge in [-0.15, -0.1) is 11.3 Å². The lowest BCUT2D eigenvalue weighted by molar-refractivity contribution is -0.140. The highest BCUT2D eigenvalue weighted by molar-refractivity contribution is 7.09. The van der Waals surface area contributed by atoms with E-state index in [1.165, 1.54) is 17.5 Å². The van der Waals surface area contributed by atoms with Gasteiger partial charge in [0.1, 0.15) is 5.01 Å². The summed E-state index contributed by atoms with van der Waals surface area (Å²) in [5, 5.41) is 4.33. The largest absolute Gasteiger partial charge is 0.434 e. The zero-order chi connectivity index (χ0) is 17.2. The molecule has 4 nitrogen and oxygen atoms in total. The van der Waals surface area contributed by atoms with Gasteiger partial charge < -0.3 is 11.1 Å². The summed E-state index contributed by atoms with van der Waals surface area (Å²) in [6.07, 6.45) is -0.0481. The standard InChI is InChI=1S/C16H17F3N4S/c17-16(18,19)13-9-24-14(23-13)8-21-15(20)22-12-7-3-5-10-4-1-2-6-11(10)12/h3,5,7,9H,1-2,4,6,8H2,(H3,20,21,22). The third-order valence-corrected chi connectivity index (χ3v) is 4.72. The van der Waals surface area contributed by atoms with Crippen molar-refractivity contribution in [3.05, 3.63) is 45.4 Å².